The molecule has 0 aromatic heterocycles. The third kappa shape index (κ3) is 3.10. The number of quaternary nitrogens is 1. The number of ketones is 1. The normalized spacial score (nSPS) is 30.7. The second-order valence-corrected chi connectivity index (χ2v) is 10.1. The predicted molar refractivity (Wildman–Crippen MR) is 129 cm³/mol. The zero-order valence-corrected chi connectivity index (χ0v) is 21.5. The molecule has 0 radical (unpaired) electrons. The number of allylic oxidation sites excluding steroid dienone is 2. The van der Waals surface area contributed by atoms with Crippen LogP contribution in [0.1, 0.15) is 35.7 Å². The Morgan fingerprint density at radius 3 is 2.71 bits per heavy atom. The first-order valence-corrected chi connectivity index (χ1v) is 11.9. The lowest BCUT2D eigenvalue weighted by atomic mass is 9.61. The van der Waals surface area contributed by atoms with E-state index in [4.69, 9.17) is 4.74 Å². The van der Waals surface area contributed by atoms with Crippen molar-refractivity contribution in [1.82, 2.24) is 0 Å². The number of Topliss-reactive ketones (excluding diaryl/α,β-unsaturated/α-hetero) is 1. The maximum Gasteiger partial charge on any atom is 0.216 e. The Kier molecular flexibility index (Phi) is 5.68. The minimum absolute atomic E-state index is 0. The fourth-order valence-corrected chi connectivity index (χ4v) is 7.34. The van der Waals surface area contributed by atoms with Crippen molar-refractivity contribution < 1.29 is 40.9 Å². The van der Waals surface area contributed by atoms with E-state index in [2.05, 4.69) is 17.5 Å². The van der Waals surface area contributed by atoms with Gasteiger partial charge in [0.15, 0.2) is 0 Å². The number of ether oxygens (including phenoxy) is 1. The Morgan fingerprint density at radius 2 is 2.03 bits per heavy atom. The lowest BCUT2D eigenvalue weighted by Crippen LogP contribution is -3.00. The molecule has 4 atom stereocenters. The van der Waals surface area contributed by atoms with E-state index < -0.39 is 0 Å². The number of rotatable bonds is 5. The molecule has 0 saturated carbocycles. The van der Waals surface area contributed by atoms with Crippen LogP contribution in [0.5, 0.6) is 11.5 Å². The number of benzene rings is 2. The minimum atomic E-state index is -0.375. The molecule has 2 aromatic carbocycles. The molecule has 7 heteroatoms. The number of carbonyl (C=O) groups excluding carboxylic acids is 2. The summed E-state index contributed by atoms with van der Waals surface area (Å²) >= 11 is 0. The van der Waals surface area contributed by atoms with Crippen LogP contribution in [0.4, 0.5) is 5.69 Å². The highest BCUT2D eigenvalue weighted by molar-refractivity contribution is 5.97. The number of nitrogens with one attached hydrogen (secondary N) is 1. The van der Waals surface area contributed by atoms with Crippen LogP contribution in [0.25, 0.3) is 0 Å². The third-order valence-corrected chi connectivity index (χ3v) is 8.84. The van der Waals surface area contributed by atoms with Crippen LogP contribution in [0.15, 0.2) is 65.4 Å². The summed E-state index contributed by atoms with van der Waals surface area (Å²) in [7, 11) is 1.62. The molecular weight excluding hydrogens is 508 g/mol. The van der Waals surface area contributed by atoms with Gasteiger partial charge in [0.05, 0.1) is 24.8 Å². The van der Waals surface area contributed by atoms with Crippen LogP contribution >= 0.6 is 0 Å². The van der Waals surface area contributed by atoms with Gasteiger partial charge in [-0.15, -0.1) is 0 Å². The zero-order valence-electron chi connectivity index (χ0n) is 19.9. The van der Waals surface area contributed by atoms with Crippen LogP contribution in [-0.4, -0.2) is 54.4 Å². The average molecular weight is 537 g/mol. The average Bonchev–Trinajstić information content (AvgIpc) is 3.39. The zero-order chi connectivity index (χ0) is 23.7. The number of phenolic OH excluding ortho intramolecular Hbond substituents is 1. The molecule has 0 amide bonds. The number of aldehydes is 1. The van der Waals surface area contributed by atoms with E-state index in [1.54, 1.807) is 13.2 Å². The second kappa shape index (κ2) is 8.35. The second-order valence-electron chi connectivity index (χ2n) is 10.1. The van der Waals surface area contributed by atoms with E-state index in [1.165, 1.54) is 5.57 Å². The number of para-hydroxylation sites is 1. The molecule has 182 valence electrons. The highest BCUT2D eigenvalue weighted by atomic mass is 79.9. The molecule has 2 unspecified atom stereocenters. The van der Waals surface area contributed by atoms with Crippen molar-refractivity contribution >= 4 is 17.8 Å². The Hall–Kier alpha value is -2.90. The summed E-state index contributed by atoms with van der Waals surface area (Å²) in [5.41, 5.74) is 5.07. The topological polar surface area (TPSA) is 75.6 Å². The number of nitrogens with zero attached hydrogens (tertiary/aromatic N) is 1. The SMILES string of the molecule is C/C=C1/C[N+]2(CC(=O)c3ccc(OC)cc3)CC[C@]34C(=C(C=O)[C@H]1CC32)Nc1c(O)cccc14.[Br-]. The van der Waals surface area contributed by atoms with Gasteiger partial charge in [-0.25, -0.2) is 0 Å². The van der Waals surface area contributed by atoms with Gasteiger partial charge in [0.2, 0.25) is 5.78 Å². The first-order valence-electron chi connectivity index (χ1n) is 11.9. The van der Waals surface area contributed by atoms with Gasteiger partial charge in [0.1, 0.15) is 36.9 Å². The van der Waals surface area contributed by atoms with Gasteiger partial charge in [-0.05, 0) is 48.4 Å². The van der Waals surface area contributed by atoms with Crippen LogP contribution in [0, 0.1) is 5.92 Å². The molecule has 2 N–H and O–H groups in total. The fourth-order valence-electron chi connectivity index (χ4n) is 7.34. The first kappa shape index (κ1) is 23.8. The number of fused-ring (bicyclic) bond motifs is 2. The number of piperidine rings is 1. The summed E-state index contributed by atoms with van der Waals surface area (Å²) in [5.74, 6) is 1.12. The summed E-state index contributed by atoms with van der Waals surface area (Å²) in [4.78, 5) is 26.0. The van der Waals surface area contributed by atoms with Crippen molar-refractivity contribution in [2.75, 3.05) is 32.1 Å². The molecule has 1 spiro atoms. The van der Waals surface area contributed by atoms with E-state index >= 15 is 0 Å². The Morgan fingerprint density at radius 1 is 1.26 bits per heavy atom. The number of methoxy groups -OCH3 is 1. The molecule has 2 fully saturated rings. The van der Waals surface area contributed by atoms with Crippen molar-refractivity contribution in [3.63, 3.8) is 0 Å². The molecule has 2 bridgehead atoms. The molecule has 1 aliphatic carbocycles. The minimum Gasteiger partial charge on any atom is -1.00 e. The quantitative estimate of drug-likeness (QED) is 0.196. The third-order valence-electron chi connectivity index (χ3n) is 8.84. The van der Waals surface area contributed by atoms with E-state index in [0.717, 1.165) is 54.8 Å². The predicted octanol–water partition coefficient (Wildman–Crippen LogP) is 0.973. The first-order chi connectivity index (χ1) is 16.5. The van der Waals surface area contributed by atoms with E-state index in [9.17, 15) is 14.7 Å². The van der Waals surface area contributed by atoms with Gasteiger partial charge in [0.25, 0.3) is 0 Å². The van der Waals surface area contributed by atoms with Gasteiger partial charge in [-0.3, -0.25) is 9.59 Å². The molecule has 3 aliphatic heterocycles. The highest BCUT2D eigenvalue weighted by Crippen LogP contribution is 2.64. The van der Waals surface area contributed by atoms with Crippen LogP contribution in [0.2, 0.25) is 0 Å². The molecular formula is C28H29BrN2O4. The lowest BCUT2D eigenvalue weighted by Gasteiger charge is -2.53. The smallest absolute Gasteiger partial charge is 0.216 e. The monoisotopic (exact) mass is 536 g/mol. The van der Waals surface area contributed by atoms with Gasteiger partial charge >= 0.3 is 0 Å². The van der Waals surface area contributed by atoms with Crippen molar-refractivity contribution in [3.05, 3.63) is 76.5 Å². The van der Waals surface area contributed by atoms with Crippen molar-refractivity contribution in [1.29, 1.82) is 0 Å². The number of halogens is 1. The number of anilines is 1. The molecule has 3 heterocycles. The molecule has 2 aromatic rings. The maximum atomic E-state index is 13.6. The maximum absolute atomic E-state index is 13.6. The molecule has 6 rings (SSSR count). The Labute approximate surface area is 215 Å². The summed E-state index contributed by atoms with van der Waals surface area (Å²) in [6.07, 6.45) is 4.82. The van der Waals surface area contributed by atoms with Crippen LogP contribution < -0.4 is 27.0 Å². The van der Waals surface area contributed by atoms with Gasteiger partial charge in [-0.2, -0.15) is 0 Å². The molecule has 4 aliphatic rings. The van der Waals surface area contributed by atoms with E-state index in [1.807, 2.05) is 37.3 Å². The van der Waals surface area contributed by atoms with Crippen molar-refractivity contribution in [2.24, 2.45) is 5.92 Å². The number of hydrogen-bond donors (Lipinski definition) is 2. The highest BCUT2D eigenvalue weighted by Gasteiger charge is 2.69. The number of hydrogen-bond acceptors (Lipinski definition) is 5. The van der Waals surface area contributed by atoms with E-state index in [-0.39, 0.29) is 45.9 Å². The Balaban J connectivity index is 0.00000253. The van der Waals surface area contributed by atoms with Crippen molar-refractivity contribution in [3.8, 4) is 11.5 Å². The Bertz CT molecular complexity index is 1280. The lowest BCUT2D eigenvalue weighted by molar-refractivity contribution is -0.934. The van der Waals surface area contributed by atoms with E-state index in [0.29, 0.717) is 22.3 Å². The molecule has 2 saturated heterocycles. The van der Waals surface area contributed by atoms with Gasteiger partial charge in [0, 0.05) is 35.6 Å². The van der Waals surface area contributed by atoms with Crippen molar-refractivity contribution in [2.45, 2.75) is 31.2 Å². The number of carbonyl (C=O) groups is 2. The molecule has 35 heavy (non-hydrogen) atoms. The molecule has 6 nitrogen and oxygen atoms in total. The number of aromatic hydroxyl groups is 1. The van der Waals surface area contributed by atoms with Crippen LogP contribution in [-0.2, 0) is 10.2 Å². The standard InChI is InChI=1S/C28H28N2O4.BrH/c1-3-17-14-30(15-24(33)18-7-9-19(34-2)10-8-18)12-11-28-22-5-4-6-23(32)26(22)29-27(28)21(16-31)20(17)13-25(28)30;/h3-10,16,20,25H,11-15H2,1-2H3,(H-,29,31,32);1H/b17-3-;/t20-,25?,28+,30?;/m0./s1. The largest absolute Gasteiger partial charge is 1.00 e. The number of phenols is 1. The fraction of sp³-hybridized carbons (Fsp3) is 0.357. The summed E-state index contributed by atoms with van der Waals surface area (Å²) in [5, 5.41) is 14.1. The summed E-state index contributed by atoms with van der Waals surface area (Å²) in [6, 6.07) is 13.2. The van der Waals surface area contributed by atoms with Crippen LogP contribution in [0.3, 0.4) is 0 Å². The van der Waals surface area contributed by atoms with Gasteiger partial charge < -0.3 is 36.6 Å². The summed E-state index contributed by atoms with van der Waals surface area (Å²) in [6.45, 7) is 4.07. The summed E-state index contributed by atoms with van der Waals surface area (Å²) < 4.78 is 5.94. The van der Waals surface area contributed by atoms with Gasteiger partial charge in [-0.1, -0.05) is 18.2 Å².